The standard InChI is InChI=1S/C10H21NO2/c1-5-6-7-10(8-11(3)4)13-9(2)12/h10H,5-8H2,1-4H3. The Kier molecular flexibility index (Phi) is 6.59. The highest BCUT2D eigenvalue weighted by atomic mass is 16.5. The van der Waals surface area contributed by atoms with Crippen LogP contribution in [-0.4, -0.2) is 37.6 Å². The van der Waals surface area contributed by atoms with Gasteiger partial charge in [-0.15, -0.1) is 0 Å². The molecule has 1 atom stereocenters. The fourth-order valence-corrected chi connectivity index (χ4v) is 1.26. The third kappa shape index (κ3) is 7.78. The Bertz CT molecular complexity index is 146. The van der Waals surface area contributed by atoms with E-state index in [1.165, 1.54) is 6.92 Å². The molecule has 0 bridgehead atoms. The van der Waals surface area contributed by atoms with Gasteiger partial charge in [-0.1, -0.05) is 13.3 Å². The van der Waals surface area contributed by atoms with Gasteiger partial charge in [0.2, 0.25) is 0 Å². The van der Waals surface area contributed by atoms with Crippen LogP contribution < -0.4 is 0 Å². The zero-order valence-electron chi connectivity index (χ0n) is 9.17. The van der Waals surface area contributed by atoms with Crippen LogP contribution in [0.25, 0.3) is 0 Å². The summed E-state index contributed by atoms with van der Waals surface area (Å²) in [5.74, 6) is -0.178. The SMILES string of the molecule is CCCCC(CN(C)C)OC(C)=O. The van der Waals surface area contributed by atoms with Crippen LogP contribution in [0.15, 0.2) is 0 Å². The van der Waals surface area contributed by atoms with Crippen LogP contribution in [0.2, 0.25) is 0 Å². The van der Waals surface area contributed by atoms with Gasteiger partial charge in [0.1, 0.15) is 6.10 Å². The Morgan fingerprint density at radius 1 is 1.46 bits per heavy atom. The lowest BCUT2D eigenvalue weighted by molar-refractivity contribution is -0.147. The van der Waals surface area contributed by atoms with E-state index < -0.39 is 0 Å². The molecule has 0 aliphatic carbocycles. The second-order valence-electron chi connectivity index (χ2n) is 3.64. The molecule has 0 N–H and O–H groups in total. The number of hydrogen-bond donors (Lipinski definition) is 0. The smallest absolute Gasteiger partial charge is 0.302 e. The zero-order valence-corrected chi connectivity index (χ0v) is 9.17. The second kappa shape index (κ2) is 6.89. The summed E-state index contributed by atoms with van der Waals surface area (Å²) in [7, 11) is 3.98. The third-order valence-corrected chi connectivity index (χ3v) is 1.78. The molecule has 0 saturated heterocycles. The fourth-order valence-electron chi connectivity index (χ4n) is 1.26. The maximum Gasteiger partial charge on any atom is 0.302 e. The lowest BCUT2D eigenvalue weighted by Gasteiger charge is -2.20. The summed E-state index contributed by atoms with van der Waals surface area (Å²) in [4.78, 5) is 12.8. The molecule has 0 aliphatic heterocycles. The molecule has 1 unspecified atom stereocenters. The van der Waals surface area contributed by atoms with Crippen molar-refractivity contribution in [2.24, 2.45) is 0 Å². The van der Waals surface area contributed by atoms with Crippen LogP contribution in [0, 0.1) is 0 Å². The summed E-state index contributed by atoms with van der Waals surface area (Å²) in [6.07, 6.45) is 3.29. The van der Waals surface area contributed by atoms with Crippen LogP contribution in [0.4, 0.5) is 0 Å². The van der Waals surface area contributed by atoms with Crippen molar-refractivity contribution in [3.05, 3.63) is 0 Å². The monoisotopic (exact) mass is 187 g/mol. The van der Waals surface area contributed by atoms with Crippen LogP contribution in [0.3, 0.4) is 0 Å². The molecule has 0 aromatic rings. The molecule has 3 heteroatoms. The van der Waals surface area contributed by atoms with E-state index in [9.17, 15) is 4.79 Å². The van der Waals surface area contributed by atoms with Gasteiger partial charge in [-0.05, 0) is 26.9 Å². The number of rotatable bonds is 6. The Hall–Kier alpha value is -0.570. The van der Waals surface area contributed by atoms with Gasteiger partial charge in [0.25, 0.3) is 0 Å². The van der Waals surface area contributed by atoms with Crippen molar-refractivity contribution in [1.82, 2.24) is 4.90 Å². The highest BCUT2D eigenvalue weighted by molar-refractivity contribution is 5.66. The first-order valence-electron chi connectivity index (χ1n) is 4.88. The van der Waals surface area contributed by atoms with E-state index in [-0.39, 0.29) is 12.1 Å². The summed E-state index contributed by atoms with van der Waals surface area (Å²) >= 11 is 0. The number of ether oxygens (including phenoxy) is 1. The molecular formula is C10H21NO2. The Morgan fingerprint density at radius 2 is 2.08 bits per heavy atom. The molecule has 13 heavy (non-hydrogen) atoms. The van der Waals surface area contributed by atoms with Gasteiger partial charge >= 0.3 is 5.97 Å². The van der Waals surface area contributed by atoms with Crippen LogP contribution in [0.1, 0.15) is 33.1 Å². The van der Waals surface area contributed by atoms with Crippen molar-refractivity contribution >= 4 is 5.97 Å². The van der Waals surface area contributed by atoms with E-state index in [1.54, 1.807) is 0 Å². The molecule has 0 amide bonds. The second-order valence-corrected chi connectivity index (χ2v) is 3.64. The van der Waals surface area contributed by atoms with Crippen LogP contribution >= 0.6 is 0 Å². The normalized spacial score (nSPS) is 13.0. The highest BCUT2D eigenvalue weighted by Crippen LogP contribution is 2.06. The number of carbonyl (C=O) groups excluding carboxylic acids is 1. The van der Waals surface area contributed by atoms with Gasteiger partial charge < -0.3 is 9.64 Å². The minimum Gasteiger partial charge on any atom is -0.461 e. The van der Waals surface area contributed by atoms with Crippen molar-refractivity contribution < 1.29 is 9.53 Å². The third-order valence-electron chi connectivity index (χ3n) is 1.78. The van der Waals surface area contributed by atoms with Gasteiger partial charge in [0.05, 0.1) is 0 Å². The van der Waals surface area contributed by atoms with E-state index in [4.69, 9.17) is 4.74 Å². The van der Waals surface area contributed by atoms with Gasteiger partial charge in [0, 0.05) is 13.5 Å². The lowest BCUT2D eigenvalue weighted by atomic mass is 10.1. The van der Waals surface area contributed by atoms with E-state index in [2.05, 4.69) is 6.92 Å². The molecule has 0 spiro atoms. The molecule has 78 valence electrons. The van der Waals surface area contributed by atoms with Gasteiger partial charge in [-0.2, -0.15) is 0 Å². The largest absolute Gasteiger partial charge is 0.461 e. The molecule has 0 aromatic carbocycles. The minimum atomic E-state index is -0.178. The molecule has 0 rings (SSSR count). The molecule has 3 nitrogen and oxygen atoms in total. The fraction of sp³-hybridized carbons (Fsp3) is 0.900. The number of unbranched alkanes of at least 4 members (excludes halogenated alkanes) is 1. The topological polar surface area (TPSA) is 29.5 Å². The van der Waals surface area contributed by atoms with Crippen molar-refractivity contribution in [2.45, 2.75) is 39.2 Å². The predicted molar refractivity (Wildman–Crippen MR) is 53.6 cm³/mol. The van der Waals surface area contributed by atoms with Gasteiger partial charge in [-0.25, -0.2) is 0 Å². The van der Waals surface area contributed by atoms with Crippen molar-refractivity contribution in [3.63, 3.8) is 0 Å². The molecule has 0 radical (unpaired) electrons. The van der Waals surface area contributed by atoms with Crippen LogP contribution in [0.5, 0.6) is 0 Å². The molecular weight excluding hydrogens is 166 g/mol. The highest BCUT2D eigenvalue weighted by Gasteiger charge is 2.11. The van der Waals surface area contributed by atoms with Crippen molar-refractivity contribution in [3.8, 4) is 0 Å². The Balaban J connectivity index is 3.80. The van der Waals surface area contributed by atoms with Gasteiger partial charge in [0.15, 0.2) is 0 Å². The summed E-state index contributed by atoms with van der Waals surface area (Å²) in [5.41, 5.74) is 0. The van der Waals surface area contributed by atoms with E-state index in [0.29, 0.717) is 0 Å². The van der Waals surface area contributed by atoms with Crippen LogP contribution in [-0.2, 0) is 9.53 Å². The number of likely N-dealkylation sites (N-methyl/N-ethyl adjacent to an activating group) is 1. The van der Waals surface area contributed by atoms with E-state index in [1.807, 2.05) is 19.0 Å². The first kappa shape index (κ1) is 12.4. The molecule has 0 fully saturated rings. The quantitative estimate of drug-likeness (QED) is 0.592. The lowest BCUT2D eigenvalue weighted by Crippen LogP contribution is -2.29. The van der Waals surface area contributed by atoms with E-state index >= 15 is 0 Å². The minimum absolute atomic E-state index is 0.0625. The number of carbonyl (C=O) groups is 1. The van der Waals surface area contributed by atoms with Gasteiger partial charge in [-0.3, -0.25) is 4.79 Å². The maximum absolute atomic E-state index is 10.8. The first-order valence-corrected chi connectivity index (χ1v) is 4.88. The van der Waals surface area contributed by atoms with E-state index in [0.717, 1.165) is 25.8 Å². The summed E-state index contributed by atoms with van der Waals surface area (Å²) in [6.45, 7) is 4.43. The zero-order chi connectivity index (χ0) is 10.3. The Morgan fingerprint density at radius 3 is 2.46 bits per heavy atom. The average molecular weight is 187 g/mol. The molecule has 0 aliphatic rings. The maximum atomic E-state index is 10.8. The predicted octanol–water partition coefficient (Wildman–Crippen LogP) is 1.67. The summed E-state index contributed by atoms with van der Waals surface area (Å²) < 4.78 is 5.18. The molecule has 0 aromatic heterocycles. The number of esters is 1. The summed E-state index contributed by atoms with van der Waals surface area (Å²) in [6, 6.07) is 0. The average Bonchev–Trinajstić information content (AvgIpc) is 1.98. The number of hydrogen-bond acceptors (Lipinski definition) is 3. The van der Waals surface area contributed by atoms with Crippen molar-refractivity contribution in [2.75, 3.05) is 20.6 Å². The summed E-state index contributed by atoms with van der Waals surface area (Å²) in [5, 5.41) is 0. The first-order chi connectivity index (χ1) is 6.06. The molecule has 0 heterocycles. The number of nitrogens with zero attached hydrogens (tertiary/aromatic N) is 1. The molecule has 0 saturated carbocycles. The van der Waals surface area contributed by atoms with Crippen molar-refractivity contribution in [1.29, 1.82) is 0 Å². The Labute approximate surface area is 81.1 Å².